The Morgan fingerprint density at radius 3 is 2.52 bits per heavy atom. The molecule has 1 fully saturated rings. The Bertz CT molecular complexity index is 781. The molecule has 27 heavy (non-hydrogen) atoms. The molecule has 1 aliphatic heterocycles. The summed E-state index contributed by atoms with van der Waals surface area (Å²) in [4.78, 5) is 23.9. The highest BCUT2D eigenvalue weighted by Crippen LogP contribution is 2.24. The molecule has 2 unspecified atom stereocenters. The van der Waals surface area contributed by atoms with E-state index in [0.29, 0.717) is 19.3 Å². The number of carboxylic acid groups (broad SMARTS) is 1. The van der Waals surface area contributed by atoms with Crippen molar-refractivity contribution in [2.24, 2.45) is 11.8 Å². The van der Waals surface area contributed by atoms with Gasteiger partial charge in [-0.3, -0.25) is 4.79 Å². The summed E-state index contributed by atoms with van der Waals surface area (Å²) in [6, 6.07) is 3.52. The van der Waals surface area contributed by atoms with Crippen molar-refractivity contribution in [1.82, 2.24) is 9.62 Å². The van der Waals surface area contributed by atoms with Gasteiger partial charge in [-0.1, -0.05) is 20.3 Å². The van der Waals surface area contributed by atoms with Crippen molar-refractivity contribution in [1.29, 1.82) is 0 Å². The van der Waals surface area contributed by atoms with Gasteiger partial charge in [-0.25, -0.2) is 17.6 Å². The van der Waals surface area contributed by atoms with Crippen LogP contribution >= 0.6 is 0 Å². The molecule has 150 valence electrons. The molecule has 0 aromatic heterocycles. The zero-order valence-corrected chi connectivity index (χ0v) is 16.2. The van der Waals surface area contributed by atoms with E-state index in [1.165, 1.54) is 16.4 Å². The van der Waals surface area contributed by atoms with E-state index in [0.717, 1.165) is 12.1 Å². The fourth-order valence-corrected chi connectivity index (χ4v) is 4.61. The van der Waals surface area contributed by atoms with Crippen LogP contribution in [0.3, 0.4) is 0 Å². The second kappa shape index (κ2) is 8.79. The first-order valence-electron chi connectivity index (χ1n) is 8.95. The molecule has 0 spiro atoms. The Labute approximate surface area is 158 Å². The Kier molecular flexibility index (Phi) is 6.94. The summed E-state index contributed by atoms with van der Waals surface area (Å²) in [6.45, 7) is 3.81. The largest absolute Gasteiger partial charge is 0.480 e. The third-order valence-corrected chi connectivity index (χ3v) is 6.86. The highest BCUT2D eigenvalue weighted by atomic mass is 32.2. The van der Waals surface area contributed by atoms with Crippen molar-refractivity contribution < 1.29 is 27.5 Å². The molecule has 0 saturated carbocycles. The molecular weight excluding hydrogens is 375 g/mol. The van der Waals surface area contributed by atoms with Crippen LogP contribution in [0.4, 0.5) is 4.39 Å². The molecule has 3 atom stereocenters. The maximum Gasteiger partial charge on any atom is 0.326 e. The van der Waals surface area contributed by atoms with Gasteiger partial charge in [0, 0.05) is 13.1 Å². The summed E-state index contributed by atoms with van der Waals surface area (Å²) in [5.41, 5.74) is 0. The summed E-state index contributed by atoms with van der Waals surface area (Å²) in [7, 11) is -3.84. The van der Waals surface area contributed by atoms with Crippen LogP contribution in [0, 0.1) is 17.7 Å². The molecule has 0 aliphatic carbocycles. The van der Waals surface area contributed by atoms with Crippen LogP contribution < -0.4 is 5.32 Å². The maximum atomic E-state index is 13.1. The SMILES string of the molecule is CCC(C)[C@@H](NC(=O)C1CCCN(S(=O)(=O)c2ccc(F)cc2)C1)C(=O)O. The minimum Gasteiger partial charge on any atom is -0.480 e. The van der Waals surface area contributed by atoms with Gasteiger partial charge in [-0.05, 0) is 43.0 Å². The third kappa shape index (κ3) is 5.04. The monoisotopic (exact) mass is 400 g/mol. The fraction of sp³-hybridized carbons (Fsp3) is 0.556. The first-order valence-corrected chi connectivity index (χ1v) is 10.4. The Balaban J connectivity index is 2.11. The standard InChI is InChI=1S/C18H25FN2O5S/c1-3-12(2)16(18(23)24)20-17(22)13-5-4-10-21(11-13)27(25,26)15-8-6-14(19)7-9-15/h6-9,12-13,16H,3-5,10-11H2,1-2H3,(H,20,22)(H,23,24)/t12?,13?,16-/m1/s1. The van der Waals surface area contributed by atoms with Gasteiger partial charge < -0.3 is 10.4 Å². The van der Waals surface area contributed by atoms with Crippen LogP contribution in [0.15, 0.2) is 29.2 Å². The predicted molar refractivity (Wildman–Crippen MR) is 96.9 cm³/mol. The lowest BCUT2D eigenvalue weighted by atomic mass is 9.95. The maximum absolute atomic E-state index is 13.1. The molecule has 1 aromatic carbocycles. The normalized spacial score (nSPS) is 20.6. The second-order valence-electron chi connectivity index (χ2n) is 6.87. The van der Waals surface area contributed by atoms with Gasteiger partial charge in [0.25, 0.3) is 0 Å². The lowest BCUT2D eigenvalue weighted by Gasteiger charge is -2.32. The lowest BCUT2D eigenvalue weighted by molar-refractivity contribution is -0.144. The molecule has 1 aliphatic rings. The number of hydrogen-bond acceptors (Lipinski definition) is 4. The zero-order valence-electron chi connectivity index (χ0n) is 15.4. The number of carbonyl (C=O) groups is 2. The fourth-order valence-electron chi connectivity index (χ4n) is 3.08. The van der Waals surface area contributed by atoms with Crippen molar-refractivity contribution in [3.8, 4) is 0 Å². The van der Waals surface area contributed by atoms with Crippen LogP contribution in [0.1, 0.15) is 33.1 Å². The van der Waals surface area contributed by atoms with Gasteiger partial charge in [-0.2, -0.15) is 4.31 Å². The van der Waals surface area contributed by atoms with Crippen LogP contribution in [0.25, 0.3) is 0 Å². The topological polar surface area (TPSA) is 104 Å². The molecule has 0 radical (unpaired) electrons. The van der Waals surface area contributed by atoms with Gasteiger partial charge in [0.1, 0.15) is 11.9 Å². The molecule has 1 heterocycles. The van der Waals surface area contributed by atoms with Gasteiger partial charge in [-0.15, -0.1) is 0 Å². The smallest absolute Gasteiger partial charge is 0.326 e. The summed E-state index contributed by atoms with van der Waals surface area (Å²) < 4.78 is 39.7. The van der Waals surface area contributed by atoms with E-state index in [2.05, 4.69) is 5.32 Å². The number of hydrogen-bond donors (Lipinski definition) is 2. The summed E-state index contributed by atoms with van der Waals surface area (Å²) in [6.07, 6.45) is 1.56. The molecule has 1 aromatic rings. The Hall–Kier alpha value is -2.00. The number of sulfonamides is 1. The van der Waals surface area contributed by atoms with Crippen molar-refractivity contribution in [3.05, 3.63) is 30.1 Å². The average Bonchev–Trinajstić information content (AvgIpc) is 2.65. The predicted octanol–water partition coefficient (Wildman–Crippen LogP) is 1.84. The number of amides is 1. The molecule has 7 nitrogen and oxygen atoms in total. The number of piperidine rings is 1. The Morgan fingerprint density at radius 1 is 1.33 bits per heavy atom. The van der Waals surface area contributed by atoms with Gasteiger partial charge in [0.05, 0.1) is 10.8 Å². The molecule has 2 N–H and O–H groups in total. The summed E-state index contributed by atoms with van der Waals surface area (Å²) in [5.74, 6) is -2.96. The number of benzene rings is 1. The van der Waals surface area contributed by atoms with Crippen LogP contribution in [0.2, 0.25) is 0 Å². The summed E-state index contributed by atoms with van der Waals surface area (Å²) in [5, 5.41) is 11.9. The lowest BCUT2D eigenvalue weighted by Crippen LogP contribution is -2.51. The molecule has 1 amide bonds. The number of nitrogens with one attached hydrogen (secondary N) is 1. The van der Waals surface area contributed by atoms with Crippen LogP contribution in [0.5, 0.6) is 0 Å². The number of carboxylic acids is 1. The van der Waals surface area contributed by atoms with Crippen molar-refractivity contribution >= 4 is 21.9 Å². The first-order chi connectivity index (χ1) is 12.7. The van der Waals surface area contributed by atoms with Crippen LogP contribution in [-0.2, 0) is 19.6 Å². The van der Waals surface area contributed by atoms with E-state index in [1.807, 2.05) is 6.92 Å². The van der Waals surface area contributed by atoms with Gasteiger partial charge >= 0.3 is 5.97 Å². The number of halogens is 1. The van der Waals surface area contributed by atoms with E-state index in [4.69, 9.17) is 0 Å². The van der Waals surface area contributed by atoms with E-state index in [1.54, 1.807) is 6.92 Å². The second-order valence-corrected chi connectivity index (χ2v) is 8.80. The van der Waals surface area contributed by atoms with E-state index in [-0.39, 0.29) is 23.9 Å². The molecular formula is C18H25FN2O5S. The Morgan fingerprint density at radius 2 is 1.96 bits per heavy atom. The van der Waals surface area contributed by atoms with Crippen molar-refractivity contribution in [3.63, 3.8) is 0 Å². The highest BCUT2D eigenvalue weighted by Gasteiger charge is 2.35. The number of carbonyl (C=O) groups excluding carboxylic acids is 1. The van der Waals surface area contributed by atoms with E-state index >= 15 is 0 Å². The van der Waals surface area contributed by atoms with E-state index in [9.17, 15) is 27.5 Å². The van der Waals surface area contributed by atoms with Crippen molar-refractivity contribution in [2.75, 3.05) is 13.1 Å². The minimum absolute atomic E-state index is 0.0294. The van der Waals surface area contributed by atoms with E-state index < -0.39 is 39.7 Å². The highest BCUT2D eigenvalue weighted by molar-refractivity contribution is 7.89. The molecule has 2 rings (SSSR count). The third-order valence-electron chi connectivity index (χ3n) is 4.98. The first kappa shape index (κ1) is 21.3. The molecule has 1 saturated heterocycles. The molecule has 0 bridgehead atoms. The average molecular weight is 400 g/mol. The van der Waals surface area contributed by atoms with Gasteiger partial charge in [0.2, 0.25) is 15.9 Å². The van der Waals surface area contributed by atoms with Crippen molar-refractivity contribution in [2.45, 2.75) is 44.0 Å². The molecule has 9 heteroatoms. The number of rotatable bonds is 7. The quantitative estimate of drug-likeness (QED) is 0.727. The number of nitrogens with zero attached hydrogens (tertiary/aromatic N) is 1. The van der Waals surface area contributed by atoms with Crippen LogP contribution in [-0.4, -0.2) is 48.8 Å². The van der Waals surface area contributed by atoms with Gasteiger partial charge in [0.15, 0.2) is 0 Å². The number of aliphatic carboxylic acids is 1. The summed E-state index contributed by atoms with van der Waals surface area (Å²) >= 11 is 0. The minimum atomic E-state index is -3.84. The zero-order chi connectivity index (χ0) is 20.2.